The number of benzene rings is 2. The SMILES string of the molecule is COC(=O)[C@H](Cc1cccc(I)c1)NC(=O)[C@H](OC)c1ccccc1. The number of esters is 1. The van der Waals surface area contributed by atoms with Crippen molar-refractivity contribution in [2.45, 2.75) is 18.6 Å². The summed E-state index contributed by atoms with van der Waals surface area (Å²) in [5.74, 6) is -0.871. The number of methoxy groups -OCH3 is 2. The van der Waals surface area contributed by atoms with Gasteiger partial charge in [0.25, 0.3) is 5.91 Å². The summed E-state index contributed by atoms with van der Waals surface area (Å²) < 4.78 is 11.2. The van der Waals surface area contributed by atoms with E-state index in [1.54, 1.807) is 12.1 Å². The zero-order valence-electron chi connectivity index (χ0n) is 14.1. The highest BCUT2D eigenvalue weighted by molar-refractivity contribution is 14.1. The van der Waals surface area contributed by atoms with Crippen molar-refractivity contribution >= 4 is 34.5 Å². The van der Waals surface area contributed by atoms with E-state index in [1.165, 1.54) is 14.2 Å². The first-order valence-electron chi connectivity index (χ1n) is 7.75. The van der Waals surface area contributed by atoms with Gasteiger partial charge in [-0.3, -0.25) is 4.79 Å². The van der Waals surface area contributed by atoms with Crippen molar-refractivity contribution < 1.29 is 19.1 Å². The Hall–Kier alpha value is -1.93. The van der Waals surface area contributed by atoms with Crippen molar-refractivity contribution in [1.82, 2.24) is 5.32 Å². The average molecular weight is 453 g/mol. The molecule has 0 fully saturated rings. The smallest absolute Gasteiger partial charge is 0.328 e. The molecule has 25 heavy (non-hydrogen) atoms. The van der Waals surface area contributed by atoms with Gasteiger partial charge < -0.3 is 14.8 Å². The second kappa shape index (κ2) is 9.53. The molecule has 6 heteroatoms. The molecule has 0 radical (unpaired) electrons. The van der Waals surface area contributed by atoms with Crippen LogP contribution in [0.4, 0.5) is 0 Å². The Bertz CT molecular complexity index is 720. The predicted molar refractivity (Wildman–Crippen MR) is 103 cm³/mol. The van der Waals surface area contributed by atoms with Crippen LogP contribution in [0, 0.1) is 3.57 Å². The third-order valence-corrected chi connectivity index (χ3v) is 4.38. The van der Waals surface area contributed by atoms with Crippen molar-refractivity contribution in [2.75, 3.05) is 14.2 Å². The van der Waals surface area contributed by atoms with Gasteiger partial charge in [-0.05, 0) is 45.9 Å². The molecular weight excluding hydrogens is 433 g/mol. The van der Waals surface area contributed by atoms with Crippen molar-refractivity contribution in [1.29, 1.82) is 0 Å². The summed E-state index contributed by atoms with van der Waals surface area (Å²) in [6, 6.07) is 16.1. The maximum atomic E-state index is 12.6. The quantitative estimate of drug-likeness (QED) is 0.518. The first-order valence-corrected chi connectivity index (χ1v) is 8.83. The predicted octanol–water partition coefficient (Wildman–Crippen LogP) is 2.88. The summed E-state index contributed by atoms with van der Waals surface area (Å²) in [5.41, 5.74) is 1.66. The highest BCUT2D eigenvalue weighted by Crippen LogP contribution is 2.17. The number of halogens is 1. The van der Waals surface area contributed by atoms with Gasteiger partial charge in [0.2, 0.25) is 0 Å². The van der Waals surface area contributed by atoms with E-state index in [9.17, 15) is 9.59 Å². The summed E-state index contributed by atoms with van der Waals surface area (Å²) in [7, 11) is 2.77. The maximum Gasteiger partial charge on any atom is 0.328 e. The Kier molecular flexibility index (Phi) is 7.39. The van der Waals surface area contributed by atoms with Crippen molar-refractivity contribution in [3.63, 3.8) is 0 Å². The van der Waals surface area contributed by atoms with Crippen molar-refractivity contribution in [2.24, 2.45) is 0 Å². The van der Waals surface area contributed by atoms with Crippen molar-refractivity contribution in [3.05, 3.63) is 69.3 Å². The molecule has 0 aliphatic carbocycles. The molecule has 0 bridgehead atoms. The molecule has 2 atom stereocenters. The van der Waals surface area contributed by atoms with Crippen LogP contribution in [0.1, 0.15) is 17.2 Å². The summed E-state index contributed by atoms with van der Waals surface area (Å²) in [5, 5.41) is 2.74. The van der Waals surface area contributed by atoms with Gasteiger partial charge in [-0.1, -0.05) is 42.5 Å². The maximum absolute atomic E-state index is 12.6. The average Bonchev–Trinajstić information content (AvgIpc) is 2.62. The van der Waals surface area contributed by atoms with Gasteiger partial charge >= 0.3 is 5.97 Å². The van der Waals surface area contributed by atoms with E-state index >= 15 is 0 Å². The summed E-state index contributed by atoms with van der Waals surface area (Å²) in [4.78, 5) is 24.7. The third kappa shape index (κ3) is 5.54. The standard InChI is InChI=1S/C19H20INO4/c1-24-17(14-8-4-3-5-9-14)18(22)21-16(19(23)25-2)12-13-7-6-10-15(20)11-13/h3-11,16-17H,12H2,1-2H3,(H,21,22)/t16-,17+/m0/s1. The lowest BCUT2D eigenvalue weighted by Crippen LogP contribution is -2.45. The van der Waals surface area contributed by atoms with Crippen LogP contribution in [0.3, 0.4) is 0 Å². The lowest BCUT2D eigenvalue weighted by molar-refractivity contribution is -0.146. The van der Waals surface area contributed by atoms with Crippen LogP contribution in [-0.4, -0.2) is 32.1 Å². The monoisotopic (exact) mass is 453 g/mol. The molecule has 0 heterocycles. The number of hydrogen-bond acceptors (Lipinski definition) is 4. The van der Waals surface area contributed by atoms with Gasteiger partial charge in [0.15, 0.2) is 6.10 Å². The van der Waals surface area contributed by atoms with E-state index in [0.29, 0.717) is 6.42 Å². The molecule has 0 unspecified atom stereocenters. The number of rotatable bonds is 7. The Morgan fingerprint density at radius 2 is 1.80 bits per heavy atom. The van der Waals surface area contributed by atoms with Crippen LogP contribution in [0.5, 0.6) is 0 Å². The normalized spacial score (nSPS) is 12.9. The molecule has 132 valence electrons. The lowest BCUT2D eigenvalue weighted by atomic mass is 10.0. The minimum Gasteiger partial charge on any atom is -0.467 e. The van der Waals surface area contributed by atoms with Crippen LogP contribution in [0.15, 0.2) is 54.6 Å². The second-order valence-electron chi connectivity index (χ2n) is 5.44. The van der Waals surface area contributed by atoms with Crippen LogP contribution in [-0.2, 0) is 25.5 Å². The summed E-state index contributed by atoms with van der Waals surface area (Å²) in [6.07, 6.45) is -0.440. The van der Waals surface area contributed by atoms with E-state index in [0.717, 1.165) is 14.7 Å². The first-order chi connectivity index (χ1) is 12.0. The van der Waals surface area contributed by atoms with E-state index in [2.05, 4.69) is 27.9 Å². The third-order valence-electron chi connectivity index (χ3n) is 3.71. The molecule has 1 amide bonds. The molecule has 2 aromatic carbocycles. The van der Waals surface area contributed by atoms with Gasteiger partial charge in [0, 0.05) is 17.1 Å². The van der Waals surface area contributed by atoms with Gasteiger partial charge in [-0.25, -0.2) is 4.79 Å². The van der Waals surface area contributed by atoms with E-state index in [-0.39, 0.29) is 5.91 Å². The number of nitrogens with one attached hydrogen (secondary N) is 1. The van der Waals surface area contributed by atoms with Crippen LogP contribution >= 0.6 is 22.6 Å². The summed E-state index contributed by atoms with van der Waals surface area (Å²) >= 11 is 2.21. The second-order valence-corrected chi connectivity index (χ2v) is 6.69. The van der Waals surface area contributed by atoms with Crippen LogP contribution in [0.2, 0.25) is 0 Å². The van der Waals surface area contributed by atoms with Crippen LogP contribution in [0.25, 0.3) is 0 Å². The Balaban J connectivity index is 2.15. The zero-order valence-corrected chi connectivity index (χ0v) is 16.2. The van der Waals surface area contributed by atoms with Crippen molar-refractivity contribution in [3.8, 4) is 0 Å². The van der Waals surface area contributed by atoms with E-state index in [4.69, 9.17) is 9.47 Å². The Labute approximate surface area is 160 Å². The number of carbonyl (C=O) groups excluding carboxylic acids is 2. The highest BCUT2D eigenvalue weighted by atomic mass is 127. The molecule has 0 saturated heterocycles. The number of ether oxygens (including phenoxy) is 2. The van der Waals surface area contributed by atoms with Gasteiger partial charge in [0.05, 0.1) is 7.11 Å². The molecule has 0 saturated carbocycles. The fourth-order valence-electron chi connectivity index (χ4n) is 2.50. The molecular formula is C19H20INO4. The van der Waals surface area contributed by atoms with E-state index < -0.39 is 18.1 Å². The highest BCUT2D eigenvalue weighted by Gasteiger charge is 2.27. The topological polar surface area (TPSA) is 64.6 Å². The zero-order chi connectivity index (χ0) is 18.2. The molecule has 0 aliphatic heterocycles. The Morgan fingerprint density at radius 3 is 2.40 bits per heavy atom. The van der Waals surface area contributed by atoms with Crippen LogP contribution < -0.4 is 5.32 Å². The molecule has 0 spiro atoms. The van der Waals surface area contributed by atoms with E-state index in [1.807, 2.05) is 42.5 Å². The fraction of sp³-hybridized carbons (Fsp3) is 0.263. The van der Waals surface area contributed by atoms with Gasteiger partial charge in [0.1, 0.15) is 6.04 Å². The lowest BCUT2D eigenvalue weighted by Gasteiger charge is -2.21. The minimum atomic E-state index is -0.788. The number of carbonyl (C=O) groups is 2. The molecule has 1 N–H and O–H groups in total. The first kappa shape index (κ1) is 19.4. The van der Waals surface area contributed by atoms with Gasteiger partial charge in [-0.15, -0.1) is 0 Å². The molecule has 2 rings (SSSR count). The molecule has 0 aromatic heterocycles. The number of amides is 1. The molecule has 5 nitrogen and oxygen atoms in total. The Morgan fingerprint density at radius 1 is 1.08 bits per heavy atom. The largest absolute Gasteiger partial charge is 0.467 e. The molecule has 0 aliphatic rings. The minimum absolute atomic E-state index is 0.348. The van der Waals surface area contributed by atoms with Gasteiger partial charge in [-0.2, -0.15) is 0 Å². The number of hydrogen-bond donors (Lipinski definition) is 1. The summed E-state index contributed by atoms with van der Waals surface area (Å²) in [6.45, 7) is 0. The fourth-order valence-corrected chi connectivity index (χ4v) is 3.11. The molecule has 2 aromatic rings.